The van der Waals surface area contributed by atoms with Crippen LogP contribution < -0.4 is 15.4 Å². The molecule has 1 aromatic rings. The Balaban J connectivity index is 1.83. The number of ether oxygens (including phenoxy) is 1. The van der Waals surface area contributed by atoms with Gasteiger partial charge in [0.25, 0.3) is 5.91 Å². The number of hydrogen-bond donors (Lipinski definition) is 2. The van der Waals surface area contributed by atoms with Gasteiger partial charge in [-0.3, -0.25) is 14.5 Å². The van der Waals surface area contributed by atoms with E-state index in [1.165, 1.54) is 0 Å². The lowest BCUT2D eigenvalue weighted by Gasteiger charge is -2.36. The number of likely N-dealkylation sites (tertiary alicyclic amines) is 1. The van der Waals surface area contributed by atoms with Crippen molar-refractivity contribution in [3.63, 3.8) is 0 Å². The van der Waals surface area contributed by atoms with Crippen molar-refractivity contribution in [3.05, 3.63) is 29.6 Å². The number of halogens is 3. The molecule has 2 amide bonds. The second-order valence-corrected chi connectivity index (χ2v) is 8.66. The number of piperidine rings is 1. The van der Waals surface area contributed by atoms with Crippen LogP contribution in [0.15, 0.2) is 18.2 Å². The van der Waals surface area contributed by atoms with Gasteiger partial charge in [0.2, 0.25) is 5.91 Å². The average molecular weight is 429 g/mol. The van der Waals surface area contributed by atoms with Crippen LogP contribution in [0.3, 0.4) is 0 Å². The highest BCUT2D eigenvalue weighted by Crippen LogP contribution is 2.21. The summed E-state index contributed by atoms with van der Waals surface area (Å²) in [5, 5.41) is 5.71. The molecule has 1 aliphatic heterocycles. The maximum atomic E-state index is 13.6. The molecule has 1 atom stereocenters. The molecule has 1 aliphatic rings. The first kappa shape index (κ1) is 24.0. The molecule has 0 saturated carbocycles. The highest BCUT2D eigenvalue weighted by Gasteiger charge is 2.28. The summed E-state index contributed by atoms with van der Waals surface area (Å²) in [6.07, 6.45) is 1.60. The maximum absolute atomic E-state index is 13.6. The van der Waals surface area contributed by atoms with Crippen LogP contribution in [0.25, 0.3) is 0 Å². The number of alkyl halides is 2. The van der Waals surface area contributed by atoms with Crippen molar-refractivity contribution in [3.8, 4) is 5.75 Å². The fourth-order valence-corrected chi connectivity index (χ4v) is 3.39. The minimum absolute atomic E-state index is 0.0119. The lowest BCUT2D eigenvalue weighted by molar-refractivity contribution is -0.127. The van der Waals surface area contributed by atoms with Gasteiger partial charge < -0.3 is 15.4 Å². The van der Waals surface area contributed by atoms with E-state index in [4.69, 9.17) is 0 Å². The SMILES string of the molecule is C[C@@H](C(=O)NC(C)(C)C)N1CCC(CNC(=O)c2cc(F)cc(OC(F)F)c2)CC1. The van der Waals surface area contributed by atoms with Crippen LogP contribution in [-0.4, -0.2) is 54.5 Å². The van der Waals surface area contributed by atoms with Gasteiger partial charge in [0.15, 0.2) is 0 Å². The summed E-state index contributed by atoms with van der Waals surface area (Å²) in [5.41, 5.74) is -0.360. The van der Waals surface area contributed by atoms with Gasteiger partial charge in [-0.2, -0.15) is 8.78 Å². The predicted molar refractivity (Wildman–Crippen MR) is 107 cm³/mol. The van der Waals surface area contributed by atoms with Crippen LogP contribution in [-0.2, 0) is 4.79 Å². The van der Waals surface area contributed by atoms with Gasteiger partial charge in [-0.05, 0) is 71.7 Å². The normalized spacial score (nSPS) is 16.9. The Kier molecular flexibility index (Phi) is 8.11. The molecule has 0 spiro atoms. The summed E-state index contributed by atoms with van der Waals surface area (Å²) in [5.74, 6) is -1.57. The van der Waals surface area contributed by atoms with Gasteiger partial charge in [0.05, 0.1) is 6.04 Å². The molecule has 2 rings (SSSR count). The first-order chi connectivity index (χ1) is 13.9. The lowest BCUT2D eigenvalue weighted by Crippen LogP contribution is -2.53. The topological polar surface area (TPSA) is 70.7 Å². The van der Waals surface area contributed by atoms with Gasteiger partial charge in [0, 0.05) is 23.7 Å². The second kappa shape index (κ2) is 10.1. The monoisotopic (exact) mass is 429 g/mol. The van der Waals surface area contributed by atoms with Crippen LogP contribution in [0.2, 0.25) is 0 Å². The number of nitrogens with one attached hydrogen (secondary N) is 2. The van der Waals surface area contributed by atoms with E-state index in [2.05, 4.69) is 20.3 Å². The number of hydrogen-bond acceptors (Lipinski definition) is 4. The molecule has 0 aliphatic carbocycles. The highest BCUT2D eigenvalue weighted by molar-refractivity contribution is 5.94. The molecule has 0 aromatic heterocycles. The van der Waals surface area contributed by atoms with Crippen molar-refractivity contribution < 1.29 is 27.5 Å². The number of benzene rings is 1. The van der Waals surface area contributed by atoms with E-state index in [-0.39, 0.29) is 29.0 Å². The summed E-state index contributed by atoms with van der Waals surface area (Å²) in [7, 11) is 0. The van der Waals surface area contributed by atoms with Gasteiger partial charge in [-0.15, -0.1) is 0 Å². The first-order valence-electron chi connectivity index (χ1n) is 10.0. The molecule has 0 radical (unpaired) electrons. The Morgan fingerprint density at radius 2 is 1.83 bits per heavy atom. The van der Waals surface area contributed by atoms with Crippen molar-refractivity contribution in [2.75, 3.05) is 19.6 Å². The molecule has 6 nitrogen and oxygen atoms in total. The summed E-state index contributed by atoms with van der Waals surface area (Å²) in [4.78, 5) is 26.7. The van der Waals surface area contributed by atoms with Crippen LogP contribution in [0.4, 0.5) is 13.2 Å². The summed E-state index contributed by atoms with van der Waals surface area (Å²) in [6, 6.07) is 2.63. The fraction of sp³-hybridized carbons (Fsp3) is 0.619. The minimum atomic E-state index is -3.10. The van der Waals surface area contributed by atoms with Crippen molar-refractivity contribution in [1.82, 2.24) is 15.5 Å². The Hall–Kier alpha value is -2.29. The number of nitrogens with zero attached hydrogens (tertiary/aromatic N) is 1. The molecule has 0 unspecified atom stereocenters. The van der Waals surface area contributed by atoms with E-state index in [0.29, 0.717) is 6.54 Å². The number of carbonyl (C=O) groups excluding carboxylic acids is 2. The third-order valence-corrected chi connectivity index (χ3v) is 4.98. The van der Waals surface area contributed by atoms with E-state index < -0.39 is 24.1 Å². The Bertz CT molecular complexity index is 745. The molecular formula is C21H30F3N3O3. The zero-order chi connectivity index (χ0) is 22.5. The quantitative estimate of drug-likeness (QED) is 0.699. The van der Waals surface area contributed by atoms with E-state index in [1.54, 1.807) is 0 Å². The van der Waals surface area contributed by atoms with Gasteiger partial charge >= 0.3 is 6.61 Å². The number of carbonyl (C=O) groups is 2. The Labute approximate surface area is 175 Å². The minimum Gasteiger partial charge on any atom is -0.435 e. The van der Waals surface area contributed by atoms with E-state index in [0.717, 1.165) is 44.1 Å². The zero-order valence-corrected chi connectivity index (χ0v) is 17.8. The van der Waals surface area contributed by atoms with Crippen molar-refractivity contribution in [2.24, 2.45) is 5.92 Å². The van der Waals surface area contributed by atoms with E-state index >= 15 is 0 Å². The lowest BCUT2D eigenvalue weighted by atomic mass is 9.95. The van der Waals surface area contributed by atoms with Gasteiger partial charge in [-0.1, -0.05) is 0 Å². The van der Waals surface area contributed by atoms with Crippen molar-refractivity contribution in [2.45, 2.75) is 58.7 Å². The highest BCUT2D eigenvalue weighted by atomic mass is 19.3. The predicted octanol–water partition coefficient (Wildman–Crippen LogP) is 3.17. The molecular weight excluding hydrogens is 399 g/mol. The van der Waals surface area contributed by atoms with E-state index in [1.807, 2.05) is 27.7 Å². The summed E-state index contributed by atoms with van der Waals surface area (Å²) < 4.78 is 42.4. The molecule has 1 heterocycles. The molecule has 0 bridgehead atoms. The van der Waals surface area contributed by atoms with Crippen LogP contribution >= 0.6 is 0 Å². The number of amides is 2. The molecule has 1 aromatic carbocycles. The largest absolute Gasteiger partial charge is 0.435 e. The smallest absolute Gasteiger partial charge is 0.387 e. The van der Waals surface area contributed by atoms with Crippen LogP contribution in [0.1, 0.15) is 50.9 Å². The summed E-state index contributed by atoms with van der Waals surface area (Å²) >= 11 is 0. The Morgan fingerprint density at radius 1 is 1.20 bits per heavy atom. The molecule has 168 valence electrons. The molecule has 2 N–H and O–H groups in total. The van der Waals surface area contributed by atoms with Gasteiger partial charge in [0.1, 0.15) is 11.6 Å². The molecule has 9 heteroatoms. The van der Waals surface area contributed by atoms with E-state index in [9.17, 15) is 22.8 Å². The standard InChI is InChI=1S/C21H30F3N3O3/c1-13(18(28)26-21(2,3)4)27-7-5-14(6-8-27)12-25-19(29)15-9-16(22)11-17(10-15)30-20(23)24/h9-11,13-14,20H,5-8,12H2,1-4H3,(H,25,29)(H,26,28)/t13-/m0/s1. The van der Waals surface area contributed by atoms with Gasteiger partial charge in [-0.25, -0.2) is 4.39 Å². The summed E-state index contributed by atoms with van der Waals surface area (Å²) in [6.45, 7) is 6.44. The zero-order valence-electron chi connectivity index (χ0n) is 17.8. The number of rotatable bonds is 7. The van der Waals surface area contributed by atoms with Crippen LogP contribution in [0, 0.1) is 11.7 Å². The molecule has 1 saturated heterocycles. The Morgan fingerprint density at radius 3 is 2.40 bits per heavy atom. The third kappa shape index (κ3) is 7.51. The average Bonchev–Trinajstić information content (AvgIpc) is 2.63. The molecule has 30 heavy (non-hydrogen) atoms. The maximum Gasteiger partial charge on any atom is 0.387 e. The molecule has 1 fully saturated rings. The van der Waals surface area contributed by atoms with Crippen molar-refractivity contribution >= 4 is 11.8 Å². The second-order valence-electron chi connectivity index (χ2n) is 8.66. The third-order valence-electron chi connectivity index (χ3n) is 4.98. The van der Waals surface area contributed by atoms with Crippen molar-refractivity contribution in [1.29, 1.82) is 0 Å². The first-order valence-corrected chi connectivity index (χ1v) is 10.0. The fourth-order valence-electron chi connectivity index (χ4n) is 3.39. The van der Waals surface area contributed by atoms with Crippen LogP contribution in [0.5, 0.6) is 5.75 Å².